The summed E-state index contributed by atoms with van der Waals surface area (Å²) in [5.41, 5.74) is 7.81. The highest BCUT2D eigenvalue weighted by Gasteiger charge is 2.35. The maximum atomic E-state index is 12.6. The third kappa shape index (κ3) is 4.22. The average molecular weight is 299 g/mol. The summed E-state index contributed by atoms with van der Waals surface area (Å²) in [5, 5.41) is 0. The number of amides is 1. The number of hydrogen-bond acceptors (Lipinski definition) is 2. The normalized spacial score (nSPS) is 10.8. The van der Waals surface area contributed by atoms with Gasteiger partial charge in [0.05, 0.1) is 5.41 Å². The first-order chi connectivity index (χ1) is 8.99. The lowest BCUT2D eigenvalue weighted by Gasteiger charge is -2.33. The lowest BCUT2D eigenvalue weighted by molar-refractivity contribution is -0.141. The SMILES string of the molecule is CCC(CC)(CN)C(=O)N(C)Cc1ccc(C)cc1.Cl. The molecule has 1 amide bonds. The fourth-order valence-electron chi connectivity index (χ4n) is 2.37. The molecule has 2 N–H and O–H groups in total. The van der Waals surface area contributed by atoms with Crippen LogP contribution in [0.5, 0.6) is 0 Å². The molecule has 20 heavy (non-hydrogen) atoms. The van der Waals surface area contributed by atoms with Gasteiger partial charge in [0.15, 0.2) is 0 Å². The number of nitrogens with two attached hydrogens (primary N) is 1. The van der Waals surface area contributed by atoms with E-state index in [0.717, 1.165) is 18.4 Å². The van der Waals surface area contributed by atoms with Crippen LogP contribution in [0.25, 0.3) is 0 Å². The van der Waals surface area contributed by atoms with Crippen LogP contribution >= 0.6 is 12.4 Å². The van der Waals surface area contributed by atoms with Gasteiger partial charge in [0.2, 0.25) is 5.91 Å². The van der Waals surface area contributed by atoms with E-state index in [1.54, 1.807) is 4.90 Å². The third-order valence-electron chi connectivity index (χ3n) is 4.09. The molecule has 0 aliphatic heterocycles. The zero-order valence-corrected chi connectivity index (χ0v) is 13.8. The highest BCUT2D eigenvalue weighted by Crippen LogP contribution is 2.27. The largest absolute Gasteiger partial charge is 0.341 e. The zero-order chi connectivity index (χ0) is 14.5. The van der Waals surface area contributed by atoms with Gasteiger partial charge < -0.3 is 10.6 Å². The molecule has 1 aromatic rings. The van der Waals surface area contributed by atoms with Gasteiger partial charge in [-0.05, 0) is 25.3 Å². The molecule has 0 atom stereocenters. The van der Waals surface area contributed by atoms with Crippen molar-refractivity contribution in [3.63, 3.8) is 0 Å². The van der Waals surface area contributed by atoms with Crippen molar-refractivity contribution in [1.29, 1.82) is 0 Å². The summed E-state index contributed by atoms with van der Waals surface area (Å²) in [7, 11) is 1.86. The van der Waals surface area contributed by atoms with Crippen LogP contribution in [0, 0.1) is 12.3 Å². The fourth-order valence-corrected chi connectivity index (χ4v) is 2.37. The molecule has 0 spiro atoms. The first-order valence-electron chi connectivity index (χ1n) is 7.00. The number of carbonyl (C=O) groups excluding carboxylic acids is 1. The van der Waals surface area contributed by atoms with E-state index < -0.39 is 5.41 Å². The lowest BCUT2D eigenvalue weighted by Crippen LogP contribution is -2.45. The third-order valence-corrected chi connectivity index (χ3v) is 4.09. The van der Waals surface area contributed by atoms with E-state index in [-0.39, 0.29) is 18.3 Å². The van der Waals surface area contributed by atoms with Gasteiger partial charge in [-0.3, -0.25) is 4.79 Å². The highest BCUT2D eigenvalue weighted by atomic mass is 35.5. The van der Waals surface area contributed by atoms with Crippen molar-refractivity contribution in [1.82, 2.24) is 4.90 Å². The van der Waals surface area contributed by atoms with Crippen LogP contribution in [-0.2, 0) is 11.3 Å². The monoisotopic (exact) mass is 298 g/mol. The summed E-state index contributed by atoms with van der Waals surface area (Å²) >= 11 is 0. The Labute approximate surface area is 128 Å². The second-order valence-corrected chi connectivity index (χ2v) is 5.34. The topological polar surface area (TPSA) is 46.3 Å². The van der Waals surface area contributed by atoms with Crippen LogP contribution in [0.4, 0.5) is 0 Å². The number of nitrogens with zero attached hydrogens (tertiary/aromatic N) is 1. The van der Waals surface area contributed by atoms with Crippen molar-refractivity contribution >= 4 is 18.3 Å². The zero-order valence-electron chi connectivity index (χ0n) is 13.0. The van der Waals surface area contributed by atoms with Gasteiger partial charge in [0.1, 0.15) is 0 Å². The second kappa shape index (κ2) is 8.28. The number of rotatable bonds is 6. The van der Waals surface area contributed by atoms with E-state index >= 15 is 0 Å². The Morgan fingerprint density at radius 2 is 1.70 bits per heavy atom. The Morgan fingerprint density at radius 1 is 1.20 bits per heavy atom. The van der Waals surface area contributed by atoms with Crippen molar-refractivity contribution in [2.45, 2.75) is 40.2 Å². The fraction of sp³-hybridized carbons (Fsp3) is 0.562. The molecular weight excluding hydrogens is 272 g/mol. The van der Waals surface area contributed by atoms with Crippen LogP contribution in [0.3, 0.4) is 0 Å². The molecule has 0 aromatic heterocycles. The van der Waals surface area contributed by atoms with E-state index in [1.165, 1.54) is 5.56 Å². The van der Waals surface area contributed by atoms with E-state index in [2.05, 4.69) is 31.2 Å². The number of aryl methyl sites for hydroxylation is 1. The summed E-state index contributed by atoms with van der Waals surface area (Å²) in [6.45, 7) is 7.19. The van der Waals surface area contributed by atoms with Gasteiger partial charge in [-0.2, -0.15) is 0 Å². The molecule has 0 fully saturated rings. The van der Waals surface area contributed by atoms with E-state index in [1.807, 2.05) is 20.9 Å². The Balaban J connectivity index is 0.00000361. The predicted molar refractivity (Wildman–Crippen MR) is 87.0 cm³/mol. The molecule has 0 unspecified atom stereocenters. The first kappa shape index (κ1) is 18.9. The maximum absolute atomic E-state index is 12.6. The molecule has 0 heterocycles. The van der Waals surface area contributed by atoms with Gasteiger partial charge in [-0.1, -0.05) is 43.7 Å². The second-order valence-electron chi connectivity index (χ2n) is 5.34. The minimum absolute atomic E-state index is 0. The summed E-state index contributed by atoms with van der Waals surface area (Å²) in [4.78, 5) is 14.4. The molecule has 0 bridgehead atoms. The first-order valence-corrected chi connectivity index (χ1v) is 7.00. The Kier molecular flexibility index (Phi) is 7.84. The number of benzene rings is 1. The molecule has 0 aliphatic carbocycles. The van der Waals surface area contributed by atoms with Crippen LogP contribution < -0.4 is 5.73 Å². The van der Waals surface area contributed by atoms with E-state index in [0.29, 0.717) is 13.1 Å². The molecule has 1 rings (SSSR count). The van der Waals surface area contributed by atoms with Gasteiger partial charge in [-0.15, -0.1) is 12.4 Å². The van der Waals surface area contributed by atoms with Crippen molar-refractivity contribution in [2.24, 2.45) is 11.1 Å². The molecule has 0 aliphatic rings. The standard InChI is InChI=1S/C16H26N2O.ClH/c1-5-16(6-2,12-17)15(19)18(4)11-14-9-7-13(3)8-10-14;/h7-10H,5-6,11-12,17H2,1-4H3;1H. The average Bonchev–Trinajstić information content (AvgIpc) is 2.43. The molecule has 114 valence electrons. The molecular formula is C16H27ClN2O. The molecule has 0 saturated heterocycles. The van der Waals surface area contributed by atoms with E-state index in [9.17, 15) is 4.79 Å². The Hall–Kier alpha value is -1.06. The maximum Gasteiger partial charge on any atom is 0.230 e. The smallest absolute Gasteiger partial charge is 0.230 e. The molecule has 3 nitrogen and oxygen atoms in total. The highest BCUT2D eigenvalue weighted by molar-refractivity contribution is 5.85. The van der Waals surface area contributed by atoms with Gasteiger partial charge in [0, 0.05) is 20.1 Å². The summed E-state index contributed by atoms with van der Waals surface area (Å²) in [5.74, 6) is 0.153. The van der Waals surface area contributed by atoms with Crippen molar-refractivity contribution in [2.75, 3.05) is 13.6 Å². The van der Waals surface area contributed by atoms with Crippen molar-refractivity contribution in [3.05, 3.63) is 35.4 Å². The quantitative estimate of drug-likeness (QED) is 0.877. The minimum atomic E-state index is -0.403. The molecule has 0 saturated carbocycles. The van der Waals surface area contributed by atoms with Crippen LogP contribution in [0.1, 0.15) is 37.8 Å². The molecule has 0 radical (unpaired) electrons. The van der Waals surface area contributed by atoms with Gasteiger partial charge in [0.25, 0.3) is 0 Å². The van der Waals surface area contributed by atoms with Crippen LogP contribution in [-0.4, -0.2) is 24.4 Å². The Bertz CT molecular complexity index is 405. The lowest BCUT2D eigenvalue weighted by atomic mass is 9.81. The Morgan fingerprint density at radius 3 is 2.10 bits per heavy atom. The number of hydrogen-bond donors (Lipinski definition) is 1. The van der Waals surface area contributed by atoms with Gasteiger partial charge in [-0.25, -0.2) is 0 Å². The number of halogens is 1. The number of carbonyl (C=O) groups is 1. The summed E-state index contributed by atoms with van der Waals surface area (Å²) in [6, 6.07) is 8.29. The minimum Gasteiger partial charge on any atom is -0.341 e. The van der Waals surface area contributed by atoms with Crippen molar-refractivity contribution in [3.8, 4) is 0 Å². The summed E-state index contributed by atoms with van der Waals surface area (Å²) in [6.07, 6.45) is 1.58. The van der Waals surface area contributed by atoms with Crippen LogP contribution in [0.2, 0.25) is 0 Å². The van der Waals surface area contributed by atoms with E-state index in [4.69, 9.17) is 5.73 Å². The predicted octanol–water partition coefficient (Wildman–Crippen LogP) is 3.14. The molecule has 4 heteroatoms. The van der Waals surface area contributed by atoms with Crippen molar-refractivity contribution < 1.29 is 4.79 Å². The van der Waals surface area contributed by atoms with Crippen LogP contribution in [0.15, 0.2) is 24.3 Å². The van der Waals surface area contributed by atoms with Gasteiger partial charge >= 0.3 is 0 Å². The summed E-state index contributed by atoms with van der Waals surface area (Å²) < 4.78 is 0. The molecule has 1 aromatic carbocycles.